The van der Waals surface area contributed by atoms with Crippen molar-refractivity contribution in [2.24, 2.45) is 0 Å². The fourth-order valence-corrected chi connectivity index (χ4v) is 14.5. The van der Waals surface area contributed by atoms with Crippen molar-refractivity contribution in [3.63, 3.8) is 0 Å². The van der Waals surface area contributed by atoms with Gasteiger partial charge >= 0.3 is 0 Å². The van der Waals surface area contributed by atoms with Gasteiger partial charge in [-0.25, -0.2) is 0 Å². The van der Waals surface area contributed by atoms with E-state index < -0.39 is 8.80 Å². The zero-order valence-electron chi connectivity index (χ0n) is 38.6. The van der Waals surface area contributed by atoms with Crippen LogP contribution in [0.2, 0.25) is 0 Å². The fourth-order valence-electron chi connectivity index (χ4n) is 11.9. The molecule has 0 aliphatic heterocycles. The van der Waals surface area contributed by atoms with E-state index in [1.165, 1.54) is 103 Å². The molecule has 331 valence electrons. The maximum Gasteiger partial charge on any atom is 0.154 e. The van der Waals surface area contributed by atoms with Crippen LogP contribution < -0.4 is 15.6 Å². The summed E-state index contributed by atoms with van der Waals surface area (Å²) in [6, 6.07) is 96.7. The van der Waals surface area contributed by atoms with Crippen LogP contribution in [0.1, 0.15) is 0 Å². The van der Waals surface area contributed by atoms with E-state index >= 15 is 0 Å². The fraction of sp³-hybridized carbons (Fsp3) is 0. The van der Waals surface area contributed by atoms with Gasteiger partial charge in [-0.05, 0) is 107 Å². The van der Waals surface area contributed by atoms with Gasteiger partial charge in [0, 0.05) is 65.8 Å². The summed E-state index contributed by atoms with van der Waals surface area (Å²) in [5, 5.41) is 14.0. The van der Waals surface area contributed by atoms with Crippen molar-refractivity contribution in [2.45, 2.75) is 0 Å². The van der Waals surface area contributed by atoms with Crippen LogP contribution in [0.15, 0.2) is 261 Å². The molecule has 0 saturated heterocycles. The largest absolute Gasteiger partial charge is 0.309 e. The quantitative estimate of drug-likeness (QED) is 0.112. The first-order chi connectivity index (χ1) is 35.2. The van der Waals surface area contributed by atoms with E-state index in [1.54, 1.807) is 0 Å². The molecule has 0 amide bonds. The number of aromatic nitrogens is 4. The maximum atomic E-state index is 2.47. The normalized spacial score (nSPS) is 12.1. The molecule has 0 N–H and O–H groups in total. The molecular formula is C66H43N4Si. The van der Waals surface area contributed by atoms with E-state index in [-0.39, 0.29) is 0 Å². The first-order valence-corrected chi connectivity index (χ1v) is 25.9. The lowest BCUT2D eigenvalue weighted by Gasteiger charge is -2.20. The summed E-state index contributed by atoms with van der Waals surface area (Å²) < 4.78 is 9.78. The van der Waals surface area contributed by atoms with Crippen LogP contribution in [0.3, 0.4) is 0 Å². The van der Waals surface area contributed by atoms with Crippen molar-refractivity contribution in [1.82, 2.24) is 18.3 Å². The van der Waals surface area contributed by atoms with Gasteiger partial charge in [-0.1, -0.05) is 169 Å². The van der Waals surface area contributed by atoms with Crippen molar-refractivity contribution >= 4 is 112 Å². The highest BCUT2D eigenvalue weighted by Gasteiger charge is 2.24. The molecule has 0 spiro atoms. The van der Waals surface area contributed by atoms with Crippen LogP contribution >= 0.6 is 0 Å². The number of para-hydroxylation sites is 6. The molecule has 11 aromatic carbocycles. The summed E-state index contributed by atoms with van der Waals surface area (Å²) in [5.41, 5.74) is 14.3. The molecule has 0 saturated carbocycles. The van der Waals surface area contributed by atoms with E-state index in [9.17, 15) is 0 Å². The smallest absolute Gasteiger partial charge is 0.154 e. The van der Waals surface area contributed by atoms with Crippen molar-refractivity contribution in [3.05, 3.63) is 261 Å². The SMILES string of the molecule is c1ccc([Si](c2cccc(-n3c4ccccc4c4cc(-n5c6ccccc6c6ccccc65)ccc43)c2)c2cccc(-n3c4ccccc4c4cc(-n5c6ccccc6c6ccccc65)ccc43)c2)cc1. The van der Waals surface area contributed by atoms with Gasteiger partial charge in [-0.2, -0.15) is 0 Å². The molecule has 71 heavy (non-hydrogen) atoms. The van der Waals surface area contributed by atoms with Crippen LogP contribution in [0.25, 0.3) is 110 Å². The molecule has 4 nitrogen and oxygen atoms in total. The molecule has 1 radical (unpaired) electrons. The Hall–Kier alpha value is -9.16. The third kappa shape index (κ3) is 6.03. The second-order valence-electron chi connectivity index (χ2n) is 18.7. The minimum Gasteiger partial charge on any atom is -0.309 e. The average molecular weight is 920 g/mol. The lowest BCUT2D eigenvalue weighted by atomic mass is 10.1. The van der Waals surface area contributed by atoms with E-state index in [0.717, 1.165) is 22.7 Å². The topological polar surface area (TPSA) is 19.7 Å². The monoisotopic (exact) mass is 919 g/mol. The van der Waals surface area contributed by atoms with Crippen LogP contribution in [-0.4, -0.2) is 27.1 Å². The highest BCUT2D eigenvalue weighted by atomic mass is 28.3. The van der Waals surface area contributed by atoms with Crippen LogP contribution in [0, 0.1) is 0 Å². The van der Waals surface area contributed by atoms with Gasteiger partial charge in [0.05, 0.1) is 44.1 Å². The summed E-state index contributed by atoms with van der Waals surface area (Å²) in [5.74, 6) is 0. The van der Waals surface area contributed by atoms with Crippen molar-refractivity contribution in [2.75, 3.05) is 0 Å². The van der Waals surface area contributed by atoms with E-state index in [2.05, 4.69) is 279 Å². The summed E-state index contributed by atoms with van der Waals surface area (Å²) in [6.07, 6.45) is 0. The number of hydrogen-bond donors (Lipinski definition) is 0. The minimum absolute atomic E-state index is 1.16. The van der Waals surface area contributed by atoms with Gasteiger partial charge in [0.1, 0.15) is 0 Å². The molecule has 0 aliphatic rings. The lowest BCUT2D eigenvalue weighted by Crippen LogP contribution is -2.52. The van der Waals surface area contributed by atoms with E-state index in [0.29, 0.717) is 0 Å². The molecule has 5 heteroatoms. The third-order valence-electron chi connectivity index (χ3n) is 14.8. The Kier molecular flexibility index (Phi) is 8.79. The Bertz CT molecular complexity index is 4220. The van der Waals surface area contributed by atoms with Gasteiger partial charge < -0.3 is 18.3 Å². The van der Waals surface area contributed by atoms with Gasteiger partial charge in [-0.3, -0.25) is 0 Å². The second-order valence-corrected chi connectivity index (χ2v) is 21.2. The third-order valence-corrected chi connectivity index (χ3v) is 17.5. The van der Waals surface area contributed by atoms with Gasteiger partial charge in [-0.15, -0.1) is 0 Å². The molecule has 15 aromatic rings. The molecule has 0 bridgehead atoms. The number of hydrogen-bond acceptors (Lipinski definition) is 0. The molecule has 4 aromatic heterocycles. The van der Waals surface area contributed by atoms with Gasteiger partial charge in [0.25, 0.3) is 0 Å². The van der Waals surface area contributed by atoms with Crippen molar-refractivity contribution in [1.29, 1.82) is 0 Å². The Morgan fingerprint density at radius 1 is 0.183 bits per heavy atom. The predicted molar refractivity (Wildman–Crippen MR) is 301 cm³/mol. The summed E-state index contributed by atoms with van der Waals surface area (Å²) in [6.45, 7) is 0. The Morgan fingerprint density at radius 3 is 0.803 bits per heavy atom. The standard InChI is InChI=1S/C66H43N4Si/c1-2-20-48(21-3-1)71(49-22-16-18-44(40-49)67-63-34-14-8-28-55(63)57-42-46(36-38-65(57)67)69-59-30-10-4-24-51(59)52-25-5-11-31-60(52)69)50-23-17-19-45(41-50)68-64-35-15-9-29-56(64)58-43-47(37-39-66(58)68)70-61-32-12-6-26-53(61)54-27-7-13-33-62(54)70/h1-43H. The summed E-state index contributed by atoms with van der Waals surface area (Å²) >= 11 is 0. The minimum atomic E-state index is -1.50. The van der Waals surface area contributed by atoms with Crippen molar-refractivity contribution < 1.29 is 0 Å². The number of nitrogens with zero attached hydrogens (tertiary/aromatic N) is 4. The predicted octanol–water partition coefficient (Wildman–Crippen LogP) is 14.6. The maximum absolute atomic E-state index is 2.47. The zero-order valence-corrected chi connectivity index (χ0v) is 39.6. The van der Waals surface area contributed by atoms with E-state index in [1.807, 2.05) is 0 Å². The Labute approximate surface area is 411 Å². The highest BCUT2D eigenvalue weighted by molar-refractivity contribution is 6.95. The van der Waals surface area contributed by atoms with Gasteiger partial charge in [0.2, 0.25) is 0 Å². The average Bonchev–Trinajstić information content (AvgIpc) is 4.16. The zero-order chi connectivity index (χ0) is 46.6. The first kappa shape index (κ1) is 39.8. The van der Waals surface area contributed by atoms with Crippen LogP contribution in [-0.2, 0) is 0 Å². The molecule has 0 aliphatic carbocycles. The summed E-state index contributed by atoms with van der Waals surface area (Å²) in [4.78, 5) is 0. The Morgan fingerprint density at radius 2 is 0.451 bits per heavy atom. The second kappa shape index (κ2) is 15.7. The molecule has 4 heterocycles. The van der Waals surface area contributed by atoms with Crippen LogP contribution in [0.4, 0.5) is 0 Å². The number of fused-ring (bicyclic) bond motifs is 12. The van der Waals surface area contributed by atoms with E-state index in [4.69, 9.17) is 0 Å². The molecule has 0 unspecified atom stereocenters. The Balaban J connectivity index is 0.874. The summed E-state index contributed by atoms with van der Waals surface area (Å²) in [7, 11) is -1.50. The van der Waals surface area contributed by atoms with Crippen molar-refractivity contribution in [3.8, 4) is 22.7 Å². The first-order valence-electron chi connectivity index (χ1n) is 24.4. The lowest BCUT2D eigenvalue weighted by molar-refractivity contribution is 1.17. The van der Waals surface area contributed by atoms with Crippen LogP contribution in [0.5, 0.6) is 0 Å². The number of rotatable bonds is 7. The molecule has 0 fully saturated rings. The molecule has 15 rings (SSSR count). The highest BCUT2D eigenvalue weighted by Crippen LogP contribution is 2.39. The molecular weight excluding hydrogens is 877 g/mol. The number of benzene rings is 11. The molecule has 0 atom stereocenters. The van der Waals surface area contributed by atoms with Gasteiger partial charge in [0.15, 0.2) is 8.80 Å².